The predicted molar refractivity (Wildman–Crippen MR) is 78.8 cm³/mol. The maximum atomic E-state index is 6.19. The van der Waals surface area contributed by atoms with Crippen molar-refractivity contribution >= 4 is 28.2 Å². The molecule has 1 aromatic heterocycles. The van der Waals surface area contributed by atoms with Gasteiger partial charge in [-0.15, -0.1) is 0 Å². The minimum absolute atomic E-state index is 0.586. The fourth-order valence-corrected chi connectivity index (χ4v) is 2.72. The first-order valence-electron chi connectivity index (χ1n) is 6.69. The van der Waals surface area contributed by atoms with Gasteiger partial charge in [0.15, 0.2) is 0 Å². The van der Waals surface area contributed by atoms with Crippen molar-refractivity contribution in [3.63, 3.8) is 0 Å². The second-order valence-electron chi connectivity index (χ2n) is 4.96. The number of aromatic nitrogens is 1. The Morgan fingerprint density at radius 1 is 1.37 bits per heavy atom. The van der Waals surface area contributed by atoms with Crippen LogP contribution in [-0.4, -0.2) is 24.7 Å². The Balaban J connectivity index is 1.79. The molecule has 3 nitrogen and oxygen atoms in total. The Kier molecular flexibility index (Phi) is 3.85. The van der Waals surface area contributed by atoms with Gasteiger partial charge in [0, 0.05) is 24.7 Å². The van der Waals surface area contributed by atoms with E-state index in [0.717, 1.165) is 47.8 Å². The minimum atomic E-state index is 0.586. The maximum Gasteiger partial charge on any atom is 0.0948 e. The highest BCUT2D eigenvalue weighted by molar-refractivity contribution is 6.35. The van der Waals surface area contributed by atoms with Crippen LogP contribution in [0.25, 0.3) is 10.9 Å². The third-order valence-electron chi connectivity index (χ3n) is 3.55. The molecule has 1 aromatic carbocycles. The number of nitrogens with zero attached hydrogens (tertiary/aromatic N) is 1. The number of hydrogen-bond donors (Lipinski definition) is 1. The SMILES string of the molecule is Clc1ccc(NCC2CCCOC2)c2ncccc12. The number of fused-ring (bicyclic) bond motifs is 1. The molecule has 0 radical (unpaired) electrons. The molecule has 0 amide bonds. The van der Waals surface area contributed by atoms with E-state index in [4.69, 9.17) is 16.3 Å². The maximum absolute atomic E-state index is 6.19. The van der Waals surface area contributed by atoms with Crippen molar-refractivity contribution in [3.8, 4) is 0 Å². The summed E-state index contributed by atoms with van der Waals surface area (Å²) in [6.07, 6.45) is 4.19. The minimum Gasteiger partial charge on any atom is -0.383 e. The summed E-state index contributed by atoms with van der Waals surface area (Å²) < 4.78 is 5.50. The molecule has 0 aliphatic carbocycles. The smallest absolute Gasteiger partial charge is 0.0948 e. The standard InChI is InChI=1S/C15H17ClN2O/c16-13-5-6-14(15-12(13)4-1-7-17-15)18-9-11-3-2-8-19-10-11/h1,4-7,11,18H,2-3,8-10H2. The highest BCUT2D eigenvalue weighted by Crippen LogP contribution is 2.28. The highest BCUT2D eigenvalue weighted by atomic mass is 35.5. The van der Waals surface area contributed by atoms with Gasteiger partial charge < -0.3 is 10.1 Å². The van der Waals surface area contributed by atoms with Crippen LogP contribution >= 0.6 is 11.6 Å². The molecule has 1 fully saturated rings. The average molecular weight is 277 g/mol. The van der Waals surface area contributed by atoms with Gasteiger partial charge in [0.1, 0.15) is 0 Å². The molecule has 1 aliphatic heterocycles. The molecule has 100 valence electrons. The third-order valence-corrected chi connectivity index (χ3v) is 3.88. The van der Waals surface area contributed by atoms with Crippen molar-refractivity contribution in [2.45, 2.75) is 12.8 Å². The zero-order valence-electron chi connectivity index (χ0n) is 10.7. The number of rotatable bonds is 3. The molecule has 0 spiro atoms. The lowest BCUT2D eigenvalue weighted by molar-refractivity contribution is 0.0595. The van der Waals surface area contributed by atoms with Crippen molar-refractivity contribution in [2.75, 3.05) is 25.1 Å². The lowest BCUT2D eigenvalue weighted by Gasteiger charge is -2.23. The summed E-state index contributed by atoms with van der Waals surface area (Å²) >= 11 is 6.19. The second kappa shape index (κ2) is 5.76. The zero-order valence-corrected chi connectivity index (χ0v) is 11.5. The molecule has 1 N–H and O–H groups in total. The number of benzene rings is 1. The average Bonchev–Trinajstić information content (AvgIpc) is 2.48. The first kappa shape index (κ1) is 12.7. The molecule has 1 unspecified atom stereocenters. The molecule has 2 heterocycles. The van der Waals surface area contributed by atoms with Gasteiger partial charge in [-0.1, -0.05) is 11.6 Å². The Morgan fingerprint density at radius 3 is 3.16 bits per heavy atom. The van der Waals surface area contributed by atoms with E-state index in [1.165, 1.54) is 6.42 Å². The Morgan fingerprint density at radius 2 is 2.32 bits per heavy atom. The second-order valence-corrected chi connectivity index (χ2v) is 5.37. The largest absolute Gasteiger partial charge is 0.383 e. The van der Waals surface area contributed by atoms with Crippen LogP contribution in [0.4, 0.5) is 5.69 Å². The monoisotopic (exact) mass is 276 g/mol. The molecule has 1 saturated heterocycles. The molecule has 3 rings (SSSR count). The van der Waals surface area contributed by atoms with E-state index in [-0.39, 0.29) is 0 Å². The quantitative estimate of drug-likeness (QED) is 0.928. The van der Waals surface area contributed by atoms with Gasteiger partial charge in [-0.3, -0.25) is 4.98 Å². The summed E-state index contributed by atoms with van der Waals surface area (Å²) in [7, 11) is 0. The van der Waals surface area contributed by atoms with Crippen LogP contribution in [0.3, 0.4) is 0 Å². The van der Waals surface area contributed by atoms with E-state index >= 15 is 0 Å². The van der Waals surface area contributed by atoms with Gasteiger partial charge >= 0.3 is 0 Å². The summed E-state index contributed by atoms with van der Waals surface area (Å²) in [5.41, 5.74) is 1.98. The third kappa shape index (κ3) is 2.82. The zero-order chi connectivity index (χ0) is 13.1. The molecule has 2 aromatic rings. The fourth-order valence-electron chi connectivity index (χ4n) is 2.50. The molecule has 4 heteroatoms. The highest BCUT2D eigenvalue weighted by Gasteiger charge is 2.14. The van der Waals surface area contributed by atoms with Crippen LogP contribution in [0, 0.1) is 5.92 Å². The summed E-state index contributed by atoms with van der Waals surface area (Å²) in [5.74, 6) is 0.586. The Hall–Kier alpha value is -1.32. The van der Waals surface area contributed by atoms with Crippen molar-refractivity contribution in [1.82, 2.24) is 4.98 Å². The number of halogens is 1. The van der Waals surface area contributed by atoms with Crippen molar-refractivity contribution in [2.24, 2.45) is 5.92 Å². The Labute approximate surface area is 117 Å². The molecule has 0 bridgehead atoms. The van der Waals surface area contributed by atoms with Crippen molar-refractivity contribution < 1.29 is 4.74 Å². The molecule has 0 saturated carbocycles. The lowest BCUT2D eigenvalue weighted by Crippen LogP contribution is -2.24. The number of anilines is 1. The first-order chi connectivity index (χ1) is 9.34. The van der Waals surface area contributed by atoms with Crippen LogP contribution in [-0.2, 0) is 4.74 Å². The van der Waals surface area contributed by atoms with E-state index < -0.39 is 0 Å². The van der Waals surface area contributed by atoms with Crippen LogP contribution in [0.5, 0.6) is 0 Å². The number of hydrogen-bond acceptors (Lipinski definition) is 3. The Bertz CT molecular complexity index is 567. The summed E-state index contributed by atoms with van der Waals surface area (Å²) in [5, 5.41) is 5.22. The molecular formula is C15H17ClN2O. The molecular weight excluding hydrogens is 260 g/mol. The van der Waals surface area contributed by atoms with E-state index in [9.17, 15) is 0 Å². The van der Waals surface area contributed by atoms with E-state index in [1.54, 1.807) is 6.20 Å². The van der Waals surface area contributed by atoms with Crippen molar-refractivity contribution in [3.05, 3.63) is 35.5 Å². The van der Waals surface area contributed by atoms with Crippen LogP contribution in [0.15, 0.2) is 30.5 Å². The topological polar surface area (TPSA) is 34.1 Å². The van der Waals surface area contributed by atoms with E-state index in [2.05, 4.69) is 10.3 Å². The summed E-state index contributed by atoms with van der Waals surface area (Å²) in [4.78, 5) is 4.43. The molecule has 1 aliphatic rings. The normalized spacial score (nSPS) is 19.5. The van der Waals surface area contributed by atoms with Crippen molar-refractivity contribution in [1.29, 1.82) is 0 Å². The molecule has 1 atom stereocenters. The van der Waals surface area contributed by atoms with Crippen LogP contribution in [0.1, 0.15) is 12.8 Å². The van der Waals surface area contributed by atoms with Gasteiger partial charge in [-0.05, 0) is 43.0 Å². The van der Waals surface area contributed by atoms with Gasteiger partial charge in [0.25, 0.3) is 0 Å². The van der Waals surface area contributed by atoms with E-state index in [1.807, 2.05) is 24.3 Å². The van der Waals surface area contributed by atoms with Crippen LogP contribution in [0.2, 0.25) is 5.02 Å². The van der Waals surface area contributed by atoms with Crippen LogP contribution < -0.4 is 5.32 Å². The van der Waals surface area contributed by atoms with Gasteiger partial charge in [0.05, 0.1) is 22.8 Å². The van der Waals surface area contributed by atoms with Gasteiger partial charge in [0.2, 0.25) is 0 Å². The molecule has 19 heavy (non-hydrogen) atoms. The van der Waals surface area contributed by atoms with E-state index in [0.29, 0.717) is 5.92 Å². The first-order valence-corrected chi connectivity index (χ1v) is 7.07. The van der Waals surface area contributed by atoms with Gasteiger partial charge in [-0.2, -0.15) is 0 Å². The summed E-state index contributed by atoms with van der Waals surface area (Å²) in [6.45, 7) is 2.68. The van der Waals surface area contributed by atoms with Gasteiger partial charge in [-0.25, -0.2) is 0 Å². The fraction of sp³-hybridized carbons (Fsp3) is 0.400. The lowest BCUT2D eigenvalue weighted by atomic mass is 10.0. The summed E-state index contributed by atoms with van der Waals surface area (Å²) in [6, 6.07) is 7.83. The number of ether oxygens (including phenoxy) is 1. The number of pyridine rings is 1. The predicted octanol–water partition coefficient (Wildman–Crippen LogP) is 3.73. The number of nitrogens with one attached hydrogen (secondary N) is 1.